The van der Waals surface area contributed by atoms with Crippen molar-refractivity contribution in [3.8, 4) is 0 Å². The van der Waals surface area contributed by atoms with Crippen molar-refractivity contribution in [3.05, 3.63) is 29.3 Å². The van der Waals surface area contributed by atoms with E-state index < -0.39 is 6.04 Å². The van der Waals surface area contributed by atoms with E-state index >= 15 is 0 Å². The molecular weight excluding hydrogens is 176 g/mol. The standard InChI is InChI=1S/C11H16N2O/c1-7-4-5-10(8(2)6-7)13-11(14)9(3)12/h4-6,9H,12H2,1-3H3,(H,13,14)/t9-/m1/s1. The van der Waals surface area contributed by atoms with Gasteiger partial charge in [-0.15, -0.1) is 0 Å². The summed E-state index contributed by atoms with van der Waals surface area (Å²) >= 11 is 0. The first-order valence-electron chi connectivity index (χ1n) is 4.64. The topological polar surface area (TPSA) is 55.1 Å². The van der Waals surface area contributed by atoms with E-state index in [4.69, 9.17) is 5.73 Å². The molecule has 0 aliphatic carbocycles. The highest BCUT2D eigenvalue weighted by molar-refractivity contribution is 5.94. The summed E-state index contributed by atoms with van der Waals surface area (Å²) in [6, 6.07) is 5.40. The van der Waals surface area contributed by atoms with Gasteiger partial charge in [-0.1, -0.05) is 17.7 Å². The first kappa shape index (κ1) is 10.7. The van der Waals surface area contributed by atoms with E-state index in [-0.39, 0.29) is 5.91 Å². The van der Waals surface area contributed by atoms with Crippen molar-refractivity contribution in [1.29, 1.82) is 0 Å². The van der Waals surface area contributed by atoms with Gasteiger partial charge in [0.2, 0.25) is 5.91 Å². The van der Waals surface area contributed by atoms with Gasteiger partial charge in [0, 0.05) is 5.69 Å². The largest absolute Gasteiger partial charge is 0.325 e. The summed E-state index contributed by atoms with van der Waals surface area (Å²) in [6.45, 7) is 5.65. The van der Waals surface area contributed by atoms with Gasteiger partial charge in [-0.05, 0) is 32.4 Å². The minimum Gasteiger partial charge on any atom is -0.325 e. The van der Waals surface area contributed by atoms with Gasteiger partial charge in [0.15, 0.2) is 0 Å². The van der Waals surface area contributed by atoms with Gasteiger partial charge in [-0.2, -0.15) is 0 Å². The molecule has 0 aliphatic rings. The lowest BCUT2D eigenvalue weighted by atomic mass is 10.1. The molecule has 0 radical (unpaired) electrons. The van der Waals surface area contributed by atoms with Crippen molar-refractivity contribution in [2.75, 3.05) is 5.32 Å². The molecule has 0 fully saturated rings. The Hall–Kier alpha value is -1.35. The second kappa shape index (κ2) is 4.24. The van der Waals surface area contributed by atoms with Gasteiger partial charge in [0.05, 0.1) is 6.04 Å². The van der Waals surface area contributed by atoms with Crippen molar-refractivity contribution in [2.45, 2.75) is 26.8 Å². The molecule has 0 spiro atoms. The van der Waals surface area contributed by atoms with Crippen molar-refractivity contribution in [1.82, 2.24) is 0 Å². The summed E-state index contributed by atoms with van der Waals surface area (Å²) in [5, 5.41) is 2.77. The number of anilines is 1. The fourth-order valence-electron chi connectivity index (χ4n) is 1.20. The van der Waals surface area contributed by atoms with Crippen LogP contribution in [0, 0.1) is 13.8 Å². The molecule has 0 aromatic heterocycles. The molecule has 0 saturated carbocycles. The monoisotopic (exact) mass is 192 g/mol. The Labute approximate surface area is 84.3 Å². The van der Waals surface area contributed by atoms with E-state index in [1.54, 1.807) is 6.92 Å². The predicted octanol–water partition coefficient (Wildman–Crippen LogP) is 1.59. The molecule has 76 valence electrons. The van der Waals surface area contributed by atoms with Crippen LogP contribution in [0.4, 0.5) is 5.69 Å². The Balaban J connectivity index is 2.82. The molecule has 1 rings (SSSR count). The maximum Gasteiger partial charge on any atom is 0.241 e. The van der Waals surface area contributed by atoms with Crippen molar-refractivity contribution in [2.24, 2.45) is 5.73 Å². The lowest BCUT2D eigenvalue weighted by molar-refractivity contribution is -0.117. The van der Waals surface area contributed by atoms with E-state index in [9.17, 15) is 4.79 Å². The lowest BCUT2D eigenvalue weighted by Crippen LogP contribution is -2.32. The number of hydrogen-bond donors (Lipinski definition) is 2. The van der Waals surface area contributed by atoms with Crippen molar-refractivity contribution in [3.63, 3.8) is 0 Å². The zero-order valence-corrected chi connectivity index (χ0v) is 8.79. The summed E-state index contributed by atoms with van der Waals surface area (Å²) in [5.74, 6) is -0.156. The van der Waals surface area contributed by atoms with Gasteiger partial charge in [0.25, 0.3) is 0 Å². The maximum atomic E-state index is 11.3. The summed E-state index contributed by atoms with van der Waals surface area (Å²) in [6.07, 6.45) is 0. The first-order chi connectivity index (χ1) is 6.50. The van der Waals surface area contributed by atoms with E-state index in [0.29, 0.717) is 0 Å². The molecule has 0 aliphatic heterocycles. The average molecular weight is 192 g/mol. The van der Waals surface area contributed by atoms with Crippen LogP contribution in [0.2, 0.25) is 0 Å². The molecule has 1 aromatic carbocycles. The molecule has 3 heteroatoms. The van der Waals surface area contributed by atoms with Crippen LogP contribution in [0.1, 0.15) is 18.1 Å². The third kappa shape index (κ3) is 2.57. The van der Waals surface area contributed by atoms with E-state index in [0.717, 1.165) is 11.3 Å². The van der Waals surface area contributed by atoms with E-state index in [2.05, 4.69) is 5.32 Å². The van der Waals surface area contributed by atoms with Crippen LogP contribution in [-0.4, -0.2) is 11.9 Å². The van der Waals surface area contributed by atoms with Crippen LogP contribution in [-0.2, 0) is 4.79 Å². The molecule has 0 heterocycles. The number of benzene rings is 1. The summed E-state index contributed by atoms with van der Waals surface area (Å²) in [4.78, 5) is 11.3. The van der Waals surface area contributed by atoms with Gasteiger partial charge in [0.1, 0.15) is 0 Å². The first-order valence-corrected chi connectivity index (χ1v) is 4.64. The van der Waals surface area contributed by atoms with Crippen LogP contribution in [0.15, 0.2) is 18.2 Å². The number of nitrogens with one attached hydrogen (secondary N) is 1. The molecule has 3 N–H and O–H groups in total. The minimum absolute atomic E-state index is 0.156. The number of carbonyl (C=O) groups is 1. The number of aryl methyl sites for hydroxylation is 2. The minimum atomic E-state index is -0.476. The highest BCUT2D eigenvalue weighted by Gasteiger charge is 2.08. The molecule has 0 unspecified atom stereocenters. The molecule has 1 aromatic rings. The second-order valence-corrected chi connectivity index (χ2v) is 3.60. The van der Waals surface area contributed by atoms with Crippen LogP contribution < -0.4 is 11.1 Å². The normalized spacial score (nSPS) is 12.3. The van der Waals surface area contributed by atoms with E-state index in [1.165, 1.54) is 5.56 Å². The number of rotatable bonds is 2. The Morgan fingerprint density at radius 3 is 2.57 bits per heavy atom. The second-order valence-electron chi connectivity index (χ2n) is 3.60. The SMILES string of the molecule is Cc1ccc(NC(=O)[C@@H](C)N)c(C)c1. The smallest absolute Gasteiger partial charge is 0.241 e. The zero-order chi connectivity index (χ0) is 10.7. The number of hydrogen-bond acceptors (Lipinski definition) is 2. The van der Waals surface area contributed by atoms with Gasteiger partial charge < -0.3 is 11.1 Å². The molecule has 3 nitrogen and oxygen atoms in total. The molecule has 1 amide bonds. The Morgan fingerprint density at radius 2 is 2.07 bits per heavy atom. The van der Waals surface area contributed by atoms with Crippen LogP contribution in [0.3, 0.4) is 0 Å². The van der Waals surface area contributed by atoms with Gasteiger partial charge >= 0.3 is 0 Å². The highest BCUT2D eigenvalue weighted by atomic mass is 16.2. The average Bonchev–Trinajstić information content (AvgIpc) is 2.09. The predicted molar refractivity (Wildman–Crippen MR) is 58.2 cm³/mol. The third-order valence-corrected chi connectivity index (χ3v) is 2.05. The molecule has 0 bridgehead atoms. The molecular formula is C11H16N2O. The Kier molecular flexibility index (Phi) is 3.25. The van der Waals surface area contributed by atoms with Crippen molar-refractivity contribution < 1.29 is 4.79 Å². The van der Waals surface area contributed by atoms with Crippen LogP contribution in [0.5, 0.6) is 0 Å². The molecule has 0 saturated heterocycles. The number of amides is 1. The Morgan fingerprint density at radius 1 is 1.43 bits per heavy atom. The summed E-state index contributed by atoms with van der Waals surface area (Å²) < 4.78 is 0. The number of carbonyl (C=O) groups excluding carboxylic acids is 1. The lowest BCUT2D eigenvalue weighted by Gasteiger charge is -2.10. The fraction of sp³-hybridized carbons (Fsp3) is 0.364. The van der Waals surface area contributed by atoms with Gasteiger partial charge in [-0.25, -0.2) is 0 Å². The van der Waals surface area contributed by atoms with Crippen LogP contribution in [0.25, 0.3) is 0 Å². The fourth-order valence-corrected chi connectivity index (χ4v) is 1.20. The van der Waals surface area contributed by atoms with Crippen LogP contribution >= 0.6 is 0 Å². The summed E-state index contributed by atoms with van der Waals surface area (Å²) in [5.41, 5.74) is 8.52. The molecule has 14 heavy (non-hydrogen) atoms. The van der Waals surface area contributed by atoms with Crippen molar-refractivity contribution >= 4 is 11.6 Å². The zero-order valence-electron chi connectivity index (χ0n) is 8.79. The Bertz CT molecular complexity index is 345. The maximum absolute atomic E-state index is 11.3. The third-order valence-electron chi connectivity index (χ3n) is 2.05. The highest BCUT2D eigenvalue weighted by Crippen LogP contribution is 2.15. The molecule has 1 atom stereocenters. The van der Waals surface area contributed by atoms with E-state index in [1.807, 2.05) is 32.0 Å². The number of nitrogens with two attached hydrogens (primary N) is 1. The quantitative estimate of drug-likeness (QED) is 0.747. The van der Waals surface area contributed by atoms with Gasteiger partial charge in [-0.3, -0.25) is 4.79 Å². The summed E-state index contributed by atoms with van der Waals surface area (Å²) in [7, 11) is 0.